The third-order valence-corrected chi connectivity index (χ3v) is 2.34. The van der Waals surface area contributed by atoms with Gasteiger partial charge in [0.05, 0.1) is 5.54 Å². The van der Waals surface area contributed by atoms with E-state index in [0.717, 1.165) is 0 Å². The number of hydrogen-bond acceptors (Lipinski definition) is 1. The maximum Gasteiger partial charge on any atom is 0.0585 e. The molecule has 1 saturated carbocycles. The molecule has 0 unspecified atom stereocenters. The van der Waals surface area contributed by atoms with Gasteiger partial charge in [-0.2, -0.15) is 0 Å². The Bertz CT molecular complexity index is 209. The van der Waals surface area contributed by atoms with Crippen molar-refractivity contribution >= 4 is 0 Å². The van der Waals surface area contributed by atoms with Gasteiger partial charge in [-0.25, -0.2) is 0 Å². The molecule has 0 saturated heterocycles. The van der Waals surface area contributed by atoms with Gasteiger partial charge in [-0.15, -0.1) is 0 Å². The fraction of sp³-hybridized carbons (Fsp3) is 0.500. The van der Waals surface area contributed by atoms with Gasteiger partial charge >= 0.3 is 0 Å². The smallest absolute Gasteiger partial charge is 0.0585 e. The Balaban J connectivity index is 2.27. The average molecular weight is 136 g/mol. The number of aromatic nitrogens is 1. The van der Waals surface area contributed by atoms with Crippen LogP contribution in [0.25, 0.3) is 0 Å². The summed E-state index contributed by atoms with van der Waals surface area (Å²) in [5.41, 5.74) is 1.64. The molecule has 1 aliphatic carbocycles. The van der Waals surface area contributed by atoms with Crippen LogP contribution in [0.4, 0.5) is 0 Å². The predicted molar refractivity (Wildman–Crippen MR) is 40.8 cm³/mol. The van der Waals surface area contributed by atoms with E-state index in [0.29, 0.717) is 5.54 Å². The van der Waals surface area contributed by atoms with E-state index >= 15 is 0 Å². The number of rotatable bonds is 2. The summed E-state index contributed by atoms with van der Waals surface area (Å²) in [4.78, 5) is 3.23. The van der Waals surface area contributed by atoms with Crippen LogP contribution in [0.5, 0.6) is 0 Å². The summed E-state index contributed by atoms with van der Waals surface area (Å²) in [7, 11) is 2.02. The van der Waals surface area contributed by atoms with E-state index < -0.39 is 0 Å². The Morgan fingerprint density at radius 2 is 2.40 bits per heavy atom. The van der Waals surface area contributed by atoms with Crippen molar-refractivity contribution in [3.63, 3.8) is 0 Å². The van der Waals surface area contributed by atoms with E-state index in [9.17, 15) is 0 Å². The summed E-state index contributed by atoms with van der Waals surface area (Å²) in [6.07, 6.45) is 4.51. The highest BCUT2D eigenvalue weighted by atomic mass is 15.0. The zero-order chi connectivity index (χ0) is 7.03. The van der Waals surface area contributed by atoms with Gasteiger partial charge in [0, 0.05) is 11.9 Å². The Labute approximate surface area is 60.6 Å². The summed E-state index contributed by atoms with van der Waals surface area (Å²) >= 11 is 0. The fourth-order valence-electron chi connectivity index (χ4n) is 1.41. The van der Waals surface area contributed by atoms with E-state index in [1.165, 1.54) is 18.5 Å². The normalized spacial score (nSPS) is 20.9. The number of H-pyrrole nitrogens is 1. The van der Waals surface area contributed by atoms with Crippen molar-refractivity contribution in [2.45, 2.75) is 18.4 Å². The summed E-state index contributed by atoms with van der Waals surface area (Å²) < 4.78 is 0. The van der Waals surface area contributed by atoms with Crippen LogP contribution in [0.2, 0.25) is 0 Å². The van der Waals surface area contributed by atoms with E-state index in [1.54, 1.807) is 0 Å². The van der Waals surface area contributed by atoms with Gasteiger partial charge in [0.1, 0.15) is 0 Å². The lowest BCUT2D eigenvalue weighted by Crippen LogP contribution is -2.24. The van der Waals surface area contributed by atoms with Crippen molar-refractivity contribution in [1.82, 2.24) is 10.3 Å². The van der Waals surface area contributed by atoms with Gasteiger partial charge in [0.2, 0.25) is 0 Å². The molecule has 2 nitrogen and oxygen atoms in total. The van der Waals surface area contributed by atoms with Crippen molar-refractivity contribution < 1.29 is 0 Å². The Kier molecular flexibility index (Phi) is 1.11. The van der Waals surface area contributed by atoms with Crippen molar-refractivity contribution in [3.05, 3.63) is 24.0 Å². The molecule has 1 aromatic heterocycles. The molecule has 1 aliphatic rings. The van der Waals surface area contributed by atoms with Crippen LogP contribution in [-0.4, -0.2) is 12.0 Å². The first-order valence-corrected chi connectivity index (χ1v) is 3.70. The maximum atomic E-state index is 3.32. The molecule has 1 aromatic rings. The molecule has 0 radical (unpaired) electrons. The minimum Gasteiger partial charge on any atom is -0.363 e. The highest BCUT2D eigenvalue weighted by Crippen LogP contribution is 2.43. The first-order valence-electron chi connectivity index (χ1n) is 3.70. The van der Waals surface area contributed by atoms with Crippen LogP contribution in [0.15, 0.2) is 18.3 Å². The first kappa shape index (κ1) is 5.98. The molecule has 2 N–H and O–H groups in total. The highest BCUT2D eigenvalue weighted by Gasteiger charge is 2.43. The topological polar surface area (TPSA) is 27.8 Å². The minimum absolute atomic E-state index is 0.309. The predicted octanol–water partition coefficient (Wildman–Crippen LogP) is 1.22. The largest absolute Gasteiger partial charge is 0.363 e. The molecule has 0 bridgehead atoms. The van der Waals surface area contributed by atoms with Crippen LogP contribution in [0.3, 0.4) is 0 Å². The lowest BCUT2D eigenvalue weighted by molar-refractivity contribution is 0.571. The van der Waals surface area contributed by atoms with E-state index in [2.05, 4.69) is 16.4 Å². The Morgan fingerprint density at radius 3 is 2.80 bits per heavy atom. The van der Waals surface area contributed by atoms with Crippen molar-refractivity contribution in [1.29, 1.82) is 0 Å². The molecule has 1 fully saturated rings. The van der Waals surface area contributed by atoms with Gasteiger partial charge < -0.3 is 10.3 Å². The summed E-state index contributed by atoms with van der Waals surface area (Å²) in [5.74, 6) is 0. The Morgan fingerprint density at radius 1 is 1.60 bits per heavy atom. The maximum absolute atomic E-state index is 3.32. The second-order valence-electron chi connectivity index (χ2n) is 2.92. The molecule has 0 spiro atoms. The average Bonchev–Trinajstić information content (AvgIpc) is 2.58. The van der Waals surface area contributed by atoms with Crippen LogP contribution >= 0.6 is 0 Å². The van der Waals surface area contributed by atoms with E-state index in [4.69, 9.17) is 0 Å². The van der Waals surface area contributed by atoms with Gasteiger partial charge in [-0.1, -0.05) is 0 Å². The molecule has 1 heterocycles. The van der Waals surface area contributed by atoms with Crippen molar-refractivity contribution in [2.24, 2.45) is 0 Å². The quantitative estimate of drug-likeness (QED) is 0.628. The summed E-state index contributed by atoms with van der Waals surface area (Å²) in [6.45, 7) is 0. The molecule has 2 heteroatoms. The Hall–Kier alpha value is -0.760. The lowest BCUT2D eigenvalue weighted by atomic mass is 10.2. The fourth-order valence-corrected chi connectivity index (χ4v) is 1.41. The molecule has 10 heavy (non-hydrogen) atoms. The minimum atomic E-state index is 0.309. The van der Waals surface area contributed by atoms with E-state index in [-0.39, 0.29) is 0 Å². The first-order chi connectivity index (χ1) is 4.87. The van der Waals surface area contributed by atoms with Crippen molar-refractivity contribution in [2.75, 3.05) is 7.05 Å². The van der Waals surface area contributed by atoms with Crippen molar-refractivity contribution in [3.8, 4) is 0 Å². The van der Waals surface area contributed by atoms with Gasteiger partial charge in [0.15, 0.2) is 0 Å². The molecule has 0 amide bonds. The van der Waals surface area contributed by atoms with Crippen LogP contribution in [-0.2, 0) is 5.54 Å². The summed E-state index contributed by atoms with van der Waals surface area (Å²) in [5, 5.41) is 3.32. The molecular weight excluding hydrogens is 124 g/mol. The SMILES string of the molecule is CNC1(c2ccc[nH]2)CC1. The number of hydrogen-bond donors (Lipinski definition) is 2. The highest BCUT2D eigenvalue weighted by molar-refractivity contribution is 5.22. The third-order valence-electron chi connectivity index (χ3n) is 2.34. The molecule has 0 aliphatic heterocycles. The van der Waals surface area contributed by atoms with E-state index in [1.807, 2.05) is 19.3 Å². The standard InChI is InChI=1S/C8H12N2/c1-9-8(4-5-8)7-3-2-6-10-7/h2-3,6,9-10H,4-5H2,1H3. The number of aromatic amines is 1. The van der Waals surface area contributed by atoms with Crippen LogP contribution in [0.1, 0.15) is 18.5 Å². The van der Waals surface area contributed by atoms with Crippen LogP contribution in [0, 0.1) is 0 Å². The summed E-state index contributed by atoms with van der Waals surface area (Å²) in [6, 6.07) is 4.19. The molecule has 54 valence electrons. The molecule has 0 atom stereocenters. The van der Waals surface area contributed by atoms with Crippen LogP contribution < -0.4 is 5.32 Å². The second kappa shape index (κ2) is 1.86. The molecular formula is C8H12N2. The van der Waals surface area contributed by atoms with Gasteiger partial charge in [0.25, 0.3) is 0 Å². The zero-order valence-corrected chi connectivity index (χ0v) is 6.15. The number of nitrogens with one attached hydrogen (secondary N) is 2. The zero-order valence-electron chi connectivity index (χ0n) is 6.15. The van der Waals surface area contributed by atoms with Gasteiger partial charge in [-0.05, 0) is 32.0 Å². The van der Waals surface area contributed by atoms with Gasteiger partial charge in [-0.3, -0.25) is 0 Å². The second-order valence-corrected chi connectivity index (χ2v) is 2.92. The third kappa shape index (κ3) is 0.688. The monoisotopic (exact) mass is 136 g/mol. The molecule has 2 rings (SSSR count). The molecule has 0 aromatic carbocycles. The lowest BCUT2D eigenvalue weighted by Gasteiger charge is -2.10.